The van der Waals surface area contributed by atoms with Gasteiger partial charge in [0.1, 0.15) is 5.40 Å². The van der Waals surface area contributed by atoms with Gasteiger partial charge in [-0.05, 0) is 0 Å². The molecule has 2 nitrogen and oxygen atoms in total. The second kappa shape index (κ2) is 24.7. The molecule has 0 fully saturated rings. The number of hydrogen-bond acceptors (Lipinski definition) is 3. The van der Waals surface area contributed by atoms with E-state index < -0.39 is 0 Å². The van der Waals surface area contributed by atoms with Crippen molar-refractivity contribution in [1.82, 2.24) is 6.15 Å². The molecule has 0 amide bonds. The van der Waals surface area contributed by atoms with Gasteiger partial charge in [-0.25, -0.2) is 0 Å². The van der Waals surface area contributed by atoms with Crippen LogP contribution in [0.5, 0.6) is 0 Å². The van der Waals surface area contributed by atoms with E-state index in [2.05, 4.69) is 12.6 Å². The van der Waals surface area contributed by atoms with Crippen molar-refractivity contribution < 1.29 is 21.1 Å². The van der Waals surface area contributed by atoms with Crippen LogP contribution in [0, 0.1) is 10.7 Å². The number of rotatable bonds is 0. The van der Waals surface area contributed by atoms with Gasteiger partial charge in [0, 0.05) is 21.1 Å². The number of nitrogens with zero attached hydrogens (tertiary/aromatic N) is 1. The van der Waals surface area contributed by atoms with Gasteiger partial charge >= 0.3 is 0 Å². The summed E-state index contributed by atoms with van der Waals surface area (Å²) in [5.41, 5.74) is 0. The Labute approximate surface area is 50.8 Å². The maximum Gasteiger partial charge on any atom is 0.130 e. The van der Waals surface area contributed by atoms with Crippen molar-refractivity contribution in [3.63, 3.8) is 0 Å². The van der Waals surface area contributed by atoms with Gasteiger partial charge in [0.2, 0.25) is 0 Å². The molecule has 0 saturated carbocycles. The fourth-order valence-electron chi connectivity index (χ4n) is 0. The SMILES string of the molecule is N.N#CS.[Pt]. The molecule has 0 aliphatic rings. The Bertz CT molecular complexity index is 31.1. The minimum absolute atomic E-state index is 0. The summed E-state index contributed by atoms with van der Waals surface area (Å²) >= 11 is 3.09. The van der Waals surface area contributed by atoms with Gasteiger partial charge in [0.25, 0.3) is 0 Å². The van der Waals surface area contributed by atoms with E-state index in [1.165, 1.54) is 5.40 Å². The molecule has 0 heterocycles. The van der Waals surface area contributed by atoms with E-state index in [9.17, 15) is 0 Å². The topological polar surface area (TPSA) is 58.8 Å². The van der Waals surface area contributed by atoms with Gasteiger partial charge in [0.05, 0.1) is 0 Å². The van der Waals surface area contributed by atoms with Gasteiger partial charge < -0.3 is 6.15 Å². The summed E-state index contributed by atoms with van der Waals surface area (Å²) in [6, 6.07) is 0. The zero-order valence-corrected chi connectivity index (χ0v) is 5.58. The maximum absolute atomic E-state index is 7.18. The number of nitriles is 1. The third-order valence-electron chi connectivity index (χ3n) is 0. The summed E-state index contributed by atoms with van der Waals surface area (Å²) in [6.45, 7) is 0. The second-order valence-electron chi connectivity index (χ2n) is 0.100. The quantitative estimate of drug-likeness (QED) is 0.499. The summed E-state index contributed by atoms with van der Waals surface area (Å²) in [5.74, 6) is 0. The first-order chi connectivity index (χ1) is 1.41. The van der Waals surface area contributed by atoms with Crippen LogP contribution < -0.4 is 6.15 Å². The van der Waals surface area contributed by atoms with Crippen LogP contribution in [0.4, 0.5) is 0 Å². The molecule has 0 atom stereocenters. The van der Waals surface area contributed by atoms with E-state index >= 15 is 0 Å². The van der Waals surface area contributed by atoms with Crippen LogP contribution in [0.2, 0.25) is 0 Å². The van der Waals surface area contributed by atoms with Crippen molar-refractivity contribution in [1.29, 1.82) is 5.26 Å². The summed E-state index contributed by atoms with van der Waals surface area (Å²) in [5, 5.41) is 8.63. The summed E-state index contributed by atoms with van der Waals surface area (Å²) in [6.07, 6.45) is 0. The predicted molar refractivity (Wildman–Crippen MR) is 19.6 cm³/mol. The van der Waals surface area contributed by atoms with Crippen LogP contribution in [0.3, 0.4) is 0 Å². The molecule has 0 radical (unpaired) electrons. The number of thiol groups is 1. The molecule has 4 heteroatoms. The van der Waals surface area contributed by atoms with Crippen molar-refractivity contribution >= 4 is 12.6 Å². The zero-order chi connectivity index (χ0) is 2.71. The van der Waals surface area contributed by atoms with Crippen molar-refractivity contribution in [3.8, 4) is 5.40 Å². The molecule has 0 aromatic heterocycles. The molecule has 0 bridgehead atoms. The average Bonchev–Trinajstić information content (AvgIpc) is 0.918. The Hall–Kier alpha value is 0.488. The molecule has 0 rings (SSSR count). The van der Waals surface area contributed by atoms with Gasteiger partial charge in [-0.1, -0.05) is 12.6 Å². The minimum atomic E-state index is 0. The van der Waals surface area contributed by atoms with Crippen LogP contribution in [0.1, 0.15) is 0 Å². The Morgan fingerprint density at radius 2 is 1.60 bits per heavy atom. The summed E-state index contributed by atoms with van der Waals surface area (Å²) in [4.78, 5) is 0. The van der Waals surface area contributed by atoms with Gasteiger partial charge in [-0.15, -0.1) is 0 Å². The largest absolute Gasteiger partial charge is 0.344 e. The minimum Gasteiger partial charge on any atom is -0.344 e. The van der Waals surface area contributed by atoms with Gasteiger partial charge in [-0.3, -0.25) is 0 Å². The first-order valence-electron chi connectivity index (χ1n) is 0.447. The molecule has 0 unspecified atom stereocenters. The molecule has 0 spiro atoms. The Morgan fingerprint density at radius 3 is 1.60 bits per heavy atom. The zero-order valence-electron chi connectivity index (χ0n) is 2.42. The van der Waals surface area contributed by atoms with Crippen molar-refractivity contribution in [3.05, 3.63) is 0 Å². The smallest absolute Gasteiger partial charge is 0.130 e. The van der Waals surface area contributed by atoms with Crippen LogP contribution in [0.15, 0.2) is 0 Å². The van der Waals surface area contributed by atoms with E-state index in [0.29, 0.717) is 0 Å². The standard InChI is InChI=1S/CHNS.H3N.Pt/c2-1-3;;/h3H;1H3;. The molecule has 0 aliphatic heterocycles. The summed E-state index contributed by atoms with van der Waals surface area (Å²) in [7, 11) is 0. The third-order valence-corrected chi connectivity index (χ3v) is 0. The molecule has 34 valence electrons. The predicted octanol–water partition coefficient (Wildman–Crippen LogP) is 0.557. The van der Waals surface area contributed by atoms with Crippen molar-refractivity contribution in [2.75, 3.05) is 0 Å². The van der Waals surface area contributed by atoms with E-state index in [1.807, 2.05) is 0 Å². The van der Waals surface area contributed by atoms with E-state index in [4.69, 9.17) is 5.26 Å². The van der Waals surface area contributed by atoms with Crippen LogP contribution >= 0.6 is 12.6 Å². The van der Waals surface area contributed by atoms with Crippen LogP contribution in [0.25, 0.3) is 0 Å². The normalized spacial score (nSPS) is 1.60. The molecule has 5 heavy (non-hydrogen) atoms. The molecule has 0 aromatic carbocycles. The average molecular weight is 271 g/mol. The maximum atomic E-state index is 7.18. The Morgan fingerprint density at radius 1 is 1.60 bits per heavy atom. The fourth-order valence-corrected chi connectivity index (χ4v) is 0. The van der Waals surface area contributed by atoms with Gasteiger partial charge in [-0.2, -0.15) is 5.26 Å². The number of thiocyanates is 1. The number of hydrogen-bond donors (Lipinski definition) is 2. The third kappa shape index (κ3) is 117. The first-order valence-corrected chi connectivity index (χ1v) is 0.894. The fraction of sp³-hybridized carbons (Fsp3) is 0. The van der Waals surface area contributed by atoms with Crippen LogP contribution in [-0.4, -0.2) is 0 Å². The molecule has 3 N–H and O–H groups in total. The first kappa shape index (κ1) is 17.9. The van der Waals surface area contributed by atoms with E-state index in [1.54, 1.807) is 0 Å². The van der Waals surface area contributed by atoms with Crippen molar-refractivity contribution in [2.24, 2.45) is 0 Å². The Balaban J connectivity index is -0.0000000200. The Kier molecular flexibility index (Phi) is 88.1. The van der Waals surface area contributed by atoms with E-state index in [0.717, 1.165) is 0 Å². The molecule has 0 aromatic rings. The molecule has 0 saturated heterocycles. The monoisotopic (exact) mass is 271 g/mol. The van der Waals surface area contributed by atoms with E-state index in [-0.39, 0.29) is 27.2 Å². The second-order valence-corrected chi connectivity index (χ2v) is 0.300. The van der Waals surface area contributed by atoms with Crippen LogP contribution in [-0.2, 0) is 21.1 Å². The molecule has 0 aliphatic carbocycles. The van der Waals surface area contributed by atoms with Crippen molar-refractivity contribution in [2.45, 2.75) is 0 Å². The molecular weight excluding hydrogens is 267 g/mol. The van der Waals surface area contributed by atoms with Gasteiger partial charge in [0.15, 0.2) is 0 Å². The molecular formula is CH4N2PtS. The summed E-state index contributed by atoms with van der Waals surface area (Å²) < 4.78 is 0.